The van der Waals surface area contributed by atoms with Crippen LogP contribution >= 0.6 is 11.3 Å². The van der Waals surface area contributed by atoms with Crippen molar-refractivity contribution in [1.29, 1.82) is 0 Å². The van der Waals surface area contributed by atoms with Crippen molar-refractivity contribution in [2.45, 2.75) is 17.7 Å². The molecule has 0 aliphatic carbocycles. The van der Waals surface area contributed by atoms with E-state index in [0.717, 1.165) is 4.88 Å². The number of aromatic carboxylic acids is 1. The SMILES string of the molecule is Cc1ccc(S(=O)(=O)NCc2ccc(C(=O)O)cc2)s1. The molecule has 2 N–H and O–H groups in total. The second-order valence-electron chi connectivity index (χ2n) is 4.19. The largest absolute Gasteiger partial charge is 0.478 e. The van der Waals surface area contributed by atoms with Crippen LogP contribution in [-0.4, -0.2) is 19.5 Å². The zero-order valence-corrected chi connectivity index (χ0v) is 12.3. The first kappa shape index (κ1) is 14.7. The second-order valence-corrected chi connectivity index (χ2v) is 7.47. The average Bonchev–Trinajstić information content (AvgIpc) is 2.84. The monoisotopic (exact) mass is 311 g/mol. The van der Waals surface area contributed by atoms with Gasteiger partial charge in [-0.1, -0.05) is 12.1 Å². The molecule has 106 valence electrons. The summed E-state index contributed by atoms with van der Waals surface area (Å²) in [5.74, 6) is -1.01. The van der Waals surface area contributed by atoms with E-state index < -0.39 is 16.0 Å². The molecule has 5 nitrogen and oxygen atoms in total. The number of carbonyl (C=O) groups is 1. The lowest BCUT2D eigenvalue weighted by molar-refractivity contribution is 0.0697. The molecule has 0 aliphatic heterocycles. The molecule has 0 saturated carbocycles. The molecular weight excluding hydrogens is 298 g/mol. The van der Waals surface area contributed by atoms with E-state index in [1.165, 1.54) is 23.5 Å². The zero-order chi connectivity index (χ0) is 14.8. The third kappa shape index (κ3) is 3.44. The molecule has 0 saturated heterocycles. The van der Waals surface area contributed by atoms with Crippen LogP contribution in [0.15, 0.2) is 40.6 Å². The van der Waals surface area contributed by atoms with Crippen molar-refractivity contribution in [3.8, 4) is 0 Å². The molecule has 0 radical (unpaired) electrons. The third-order valence-corrected chi connectivity index (χ3v) is 5.54. The van der Waals surface area contributed by atoms with Gasteiger partial charge in [-0.05, 0) is 36.8 Å². The summed E-state index contributed by atoms with van der Waals surface area (Å²) in [6, 6.07) is 9.39. The first-order valence-corrected chi connectivity index (χ1v) is 8.07. The predicted octanol–water partition coefficient (Wildman–Crippen LogP) is 2.23. The van der Waals surface area contributed by atoms with E-state index in [-0.39, 0.29) is 16.3 Å². The highest BCUT2D eigenvalue weighted by Crippen LogP contribution is 2.20. The molecule has 7 heteroatoms. The van der Waals surface area contributed by atoms with Crippen LogP contribution in [0, 0.1) is 6.92 Å². The number of nitrogens with one attached hydrogen (secondary N) is 1. The highest BCUT2D eigenvalue weighted by molar-refractivity contribution is 7.91. The molecule has 1 aromatic heterocycles. The fourth-order valence-electron chi connectivity index (χ4n) is 1.57. The van der Waals surface area contributed by atoms with E-state index in [1.54, 1.807) is 24.3 Å². The molecule has 0 amide bonds. The highest BCUT2D eigenvalue weighted by Gasteiger charge is 2.15. The van der Waals surface area contributed by atoms with Crippen LogP contribution in [0.4, 0.5) is 0 Å². The molecular formula is C13H13NO4S2. The third-order valence-electron chi connectivity index (χ3n) is 2.65. The van der Waals surface area contributed by atoms with Crippen molar-refractivity contribution in [1.82, 2.24) is 4.72 Å². The molecule has 2 aromatic rings. The minimum atomic E-state index is -3.51. The first-order valence-electron chi connectivity index (χ1n) is 5.77. The number of carboxylic acids is 1. The van der Waals surface area contributed by atoms with E-state index in [4.69, 9.17) is 5.11 Å². The normalized spacial score (nSPS) is 11.4. The van der Waals surface area contributed by atoms with Gasteiger partial charge in [0, 0.05) is 11.4 Å². The standard InChI is InChI=1S/C13H13NO4S2/c1-9-2-7-12(19-9)20(17,18)14-8-10-3-5-11(6-4-10)13(15)16/h2-7,14H,8H2,1H3,(H,15,16). The van der Waals surface area contributed by atoms with E-state index in [0.29, 0.717) is 5.56 Å². The number of carboxylic acid groups (broad SMARTS) is 1. The highest BCUT2D eigenvalue weighted by atomic mass is 32.2. The van der Waals surface area contributed by atoms with Gasteiger partial charge in [0.25, 0.3) is 0 Å². The Morgan fingerprint density at radius 1 is 1.20 bits per heavy atom. The summed E-state index contributed by atoms with van der Waals surface area (Å²) in [6.07, 6.45) is 0. The van der Waals surface area contributed by atoms with Crippen LogP contribution in [-0.2, 0) is 16.6 Å². The molecule has 1 heterocycles. The topological polar surface area (TPSA) is 83.5 Å². The molecule has 0 atom stereocenters. The maximum absolute atomic E-state index is 12.0. The summed E-state index contributed by atoms with van der Waals surface area (Å²) in [5, 5.41) is 8.78. The summed E-state index contributed by atoms with van der Waals surface area (Å²) < 4.78 is 26.8. The van der Waals surface area contributed by atoms with Crippen molar-refractivity contribution in [2.75, 3.05) is 0 Å². The van der Waals surface area contributed by atoms with Gasteiger partial charge in [0.05, 0.1) is 5.56 Å². The summed E-state index contributed by atoms with van der Waals surface area (Å²) in [7, 11) is -3.51. The van der Waals surface area contributed by atoms with E-state index in [1.807, 2.05) is 6.92 Å². The number of hydrogen-bond donors (Lipinski definition) is 2. The van der Waals surface area contributed by atoms with Crippen LogP contribution in [0.3, 0.4) is 0 Å². The number of aryl methyl sites for hydroxylation is 1. The van der Waals surface area contributed by atoms with Gasteiger partial charge in [0.2, 0.25) is 10.0 Å². The number of thiophene rings is 1. The van der Waals surface area contributed by atoms with Gasteiger partial charge in [-0.3, -0.25) is 0 Å². The minimum absolute atomic E-state index is 0.124. The van der Waals surface area contributed by atoms with Crippen molar-refractivity contribution in [3.05, 3.63) is 52.4 Å². The Balaban J connectivity index is 2.06. The van der Waals surface area contributed by atoms with Crippen LogP contribution in [0.25, 0.3) is 0 Å². The second kappa shape index (κ2) is 5.74. The van der Waals surface area contributed by atoms with Crippen molar-refractivity contribution in [3.63, 3.8) is 0 Å². The Morgan fingerprint density at radius 3 is 2.35 bits per heavy atom. The zero-order valence-electron chi connectivity index (χ0n) is 10.7. The fourth-order valence-corrected chi connectivity index (χ4v) is 3.92. The maximum atomic E-state index is 12.0. The van der Waals surface area contributed by atoms with Crippen molar-refractivity contribution < 1.29 is 18.3 Å². The van der Waals surface area contributed by atoms with E-state index in [2.05, 4.69) is 4.72 Å². The Kier molecular flexibility index (Phi) is 4.22. The first-order chi connectivity index (χ1) is 9.38. The molecule has 2 rings (SSSR count). The summed E-state index contributed by atoms with van der Waals surface area (Å²) in [5.41, 5.74) is 0.873. The lowest BCUT2D eigenvalue weighted by atomic mass is 10.1. The molecule has 0 bridgehead atoms. The smallest absolute Gasteiger partial charge is 0.335 e. The number of hydrogen-bond acceptors (Lipinski definition) is 4. The van der Waals surface area contributed by atoms with Crippen LogP contribution in [0.1, 0.15) is 20.8 Å². The van der Waals surface area contributed by atoms with E-state index in [9.17, 15) is 13.2 Å². The Hall–Kier alpha value is -1.70. The van der Waals surface area contributed by atoms with Crippen LogP contribution in [0.5, 0.6) is 0 Å². The molecule has 0 unspecified atom stereocenters. The predicted molar refractivity (Wildman–Crippen MR) is 76.5 cm³/mol. The number of rotatable bonds is 5. The molecule has 20 heavy (non-hydrogen) atoms. The lowest BCUT2D eigenvalue weighted by Crippen LogP contribution is -2.22. The van der Waals surface area contributed by atoms with Gasteiger partial charge in [0.15, 0.2) is 0 Å². The summed E-state index contributed by atoms with van der Waals surface area (Å²) >= 11 is 1.21. The van der Waals surface area contributed by atoms with Gasteiger partial charge < -0.3 is 5.11 Å². The van der Waals surface area contributed by atoms with Crippen LogP contribution < -0.4 is 4.72 Å². The average molecular weight is 311 g/mol. The molecule has 0 aliphatic rings. The lowest BCUT2D eigenvalue weighted by Gasteiger charge is -2.05. The van der Waals surface area contributed by atoms with Gasteiger partial charge in [-0.2, -0.15) is 0 Å². The van der Waals surface area contributed by atoms with Gasteiger partial charge >= 0.3 is 5.97 Å². The van der Waals surface area contributed by atoms with E-state index >= 15 is 0 Å². The van der Waals surface area contributed by atoms with Crippen molar-refractivity contribution >= 4 is 27.3 Å². The Morgan fingerprint density at radius 2 is 1.85 bits per heavy atom. The fraction of sp³-hybridized carbons (Fsp3) is 0.154. The Labute approximate surface area is 120 Å². The quantitative estimate of drug-likeness (QED) is 0.887. The molecule has 1 aromatic carbocycles. The number of sulfonamides is 1. The molecule has 0 fully saturated rings. The van der Waals surface area contributed by atoms with Crippen molar-refractivity contribution in [2.24, 2.45) is 0 Å². The van der Waals surface area contributed by atoms with Gasteiger partial charge in [-0.25, -0.2) is 17.9 Å². The number of benzene rings is 1. The van der Waals surface area contributed by atoms with Gasteiger partial charge in [0.1, 0.15) is 4.21 Å². The summed E-state index contributed by atoms with van der Waals surface area (Å²) in [6.45, 7) is 1.97. The maximum Gasteiger partial charge on any atom is 0.335 e. The Bertz CT molecular complexity index is 717. The minimum Gasteiger partial charge on any atom is -0.478 e. The summed E-state index contributed by atoms with van der Waals surface area (Å²) in [4.78, 5) is 11.6. The molecule has 0 spiro atoms. The van der Waals surface area contributed by atoms with Gasteiger partial charge in [-0.15, -0.1) is 11.3 Å². The van der Waals surface area contributed by atoms with Crippen LogP contribution in [0.2, 0.25) is 0 Å².